The molecule has 0 radical (unpaired) electrons. The van der Waals surface area contributed by atoms with Crippen LogP contribution in [0.25, 0.3) is 5.57 Å². The molecule has 2 aliphatic rings. The van der Waals surface area contributed by atoms with Crippen molar-refractivity contribution in [2.75, 3.05) is 38.3 Å². The molecule has 4 rings (SSSR count). The van der Waals surface area contributed by atoms with Crippen molar-refractivity contribution >= 4 is 34.7 Å². The number of ether oxygens (including phenoxy) is 2. The summed E-state index contributed by atoms with van der Waals surface area (Å²) in [6, 6.07) is 12.4. The van der Waals surface area contributed by atoms with Crippen LogP contribution in [0.3, 0.4) is 0 Å². The SMILES string of the molecule is COc1ccccc1C1=C(N2CCOCC2)C(=O)N(c2cc(Cl)ccc2C)C1=O. The number of carbonyl (C=O) groups excluding carboxylic acids is 2. The molecule has 0 aromatic heterocycles. The molecule has 2 aliphatic heterocycles. The maximum Gasteiger partial charge on any atom is 0.282 e. The maximum atomic E-state index is 13.6. The van der Waals surface area contributed by atoms with Crippen LogP contribution in [0.1, 0.15) is 11.1 Å². The first-order valence-electron chi connectivity index (χ1n) is 9.38. The molecule has 0 N–H and O–H groups in total. The Morgan fingerprint density at radius 2 is 1.76 bits per heavy atom. The standard InChI is InChI=1S/C22H21ClN2O4/c1-14-7-8-15(23)13-17(14)25-21(26)19(16-5-3-4-6-18(16)28-2)20(22(25)27)24-9-11-29-12-10-24/h3-8,13H,9-12H2,1-2H3. The molecule has 0 atom stereocenters. The van der Waals surface area contributed by atoms with Crippen molar-refractivity contribution in [3.63, 3.8) is 0 Å². The molecular formula is C22H21ClN2O4. The first kappa shape index (κ1) is 19.5. The van der Waals surface area contributed by atoms with Gasteiger partial charge >= 0.3 is 0 Å². The lowest BCUT2D eigenvalue weighted by Gasteiger charge is -2.30. The second-order valence-corrected chi connectivity index (χ2v) is 7.34. The Morgan fingerprint density at radius 3 is 2.48 bits per heavy atom. The Kier molecular flexibility index (Phi) is 5.30. The summed E-state index contributed by atoms with van der Waals surface area (Å²) in [7, 11) is 1.55. The van der Waals surface area contributed by atoms with Crippen LogP contribution in [-0.4, -0.2) is 50.1 Å². The zero-order valence-corrected chi connectivity index (χ0v) is 17.0. The van der Waals surface area contributed by atoms with E-state index in [2.05, 4.69) is 0 Å². The van der Waals surface area contributed by atoms with Crippen LogP contribution in [0.5, 0.6) is 5.75 Å². The number of aryl methyl sites for hydroxylation is 1. The van der Waals surface area contributed by atoms with Crippen LogP contribution in [0.4, 0.5) is 5.69 Å². The molecule has 29 heavy (non-hydrogen) atoms. The van der Waals surface area contributed by atoms with Gasteiger partial charge in [-0.3, -0.25) is 9.59 Å². The predicted octanol–water partition coefficient (Wildman–Crippen LogP) is 3.27. The summed E-state index contributed by atoms with van der Waals surface area (Å²) in [4.78, 5) is 30.3. The number of carbonyl (C=O) groups is 2. The number of nitrogens with zero attached hydrogens (tertiary/aromatic N) is 2. The number of anilines is 1. The van der Waals surface area contributed by atoms with Crippen LogP contribution in [0, 0.1) is 6.92 Å². The zero-order chi connectivity index (χ0) is 20.5. The van der Waals surface area contributed by atoms with E-state index in [0.717, 1.165) is 5.56 Å². The number of benzene rings is 2. The molecule has 2 aromatic carbocycles. The summed E-state index contributed by atoms with van der Waals surface area (Å²) in [5.41, 5.74) is 2.59. The van der Waals surface area contributed by atoms with Gasteiger partial charge < -0.3 is 14.4 Å². The van der Waals surface area contributed by atoms with Gasteiger partial charge in [0.05, 0.1) is 31.6 Å². The number of hydrogen-bond acceptors (Lipinski definition) is 5. The molecule has 150 valence electrons. The number of amides is 2. The van der Waals surface area contributed by atoms with Crippen LogP contribution >= 0.6 is 11.6 Å². The van der Waals surface area contributed by atoms with Gasteiger partial charge in [0, 0.05) is 23.7 Å². The Hall–Kier alpha value is -2.83. The van der Waals surface area contributed by atoms with Gasteiger partial charge in [0.25, 0.3) is 11.8 Å². The molecule has 7 heteroatoms. The van der Waals surface area contributed by atoms with E-state index in [1.54, 1.807) is 37.4 Å². The maximum absolute atomic E-state index is 13.6. The fraction of sp³-hybridized carbons (Fsp3) is 0.273. The van der Waals surface area contributed by atoms with Gasteiger partial charge in [-0.25, -0.2) is 4.90 Å². The molecule has 0 aliphatic carbocycles. The molecule has 0 spiro atoms. The van der Waals surface area contributed by atoms with E-state index in [1.165, 1.54) is 4.90 Å². The molecule has 0 bridgehead atoms. The van der Waals surface area contributed by atoms with Crippen LogP contribution < -0.4 is 9.64 Å². The monoisotopic (exact) mass is 412 g/mol. The molecule has 2 amide bonds. The minimum Gasteiger partial charge on any atom is -0.496 e. The van der Waals surface area contributed by atoms with Crippen molar-refractivity contribution in [1.82, 2.24) is 4.90 Å². The number of para-hydroxylation sites is 1. The highest BCUT2D eigenvalue weighted by Crippen LogP contribution is 2.39. The van der Waals surface area contributed by atoms with E-state index in [4.69, 9.17) is 21.1 Å². The average molecular weight is 413 g/mol. The van der Waals surface area contributed by atoms with Gasteiger partial charge in [0.15, 0.2) is 0 Å². The summed E-state index contributed by atoms with van der Waals surface area (Å²) in [5, 5.41) is 0.463. The fourth-order valence-electron chi connectivity index (χ4n) is 3.73. The molecule has 0 unspecified atom stereocenters. The predicted molar refractivity (Wildman–Crippen MR) is 111 cm³/mol. The lowest BCUT2D eigenvalue weighted by atomic mass is 10.0. The number of morpholine rings is 1. The second kappa shape index (κ2) is 7.89. The third kappa shape index (κ3) is 3.39. The molecule has 0 saturated carbocycles. The minimum atomic E-state index is -0.383. The topological polar surface area (TPSA) is 59.1 Å². The fourth-order valence-corrected chi connectivity index (χ4v) is 3.90. The smallest absolute Gasteiger partial charge is 0.282 e. The van der Waals surface area contributed by atoms with E-state index in [1.807, 2.05) is 24.0 Å². The van der Waals surface area contributed by atoms with Crippen LogP contribution in [0.15, 0.2) is 48.2 Å². The Morgan fingerprint density at radius 1 is 1.03 bits per heavy atom. The van der Waals surface area contributed by atoms with Crippen molar-refractivity contribution in [3.8, 4) is 5.75 Å². The van der Waals surface area contributed by atoms with Gasteiger partial charge in [0.1, 0.15) is 11.4 Å². The second-order valence-electron chi connectivity index (χ2n) is 6.90. The quantitative estimate of drug-likeness (QED) is 0.721. The number of hydrogen-bond donors (Lipinski definition) is 0. The zero-order valence-electron chi connectivity index (χ0n) is 16.3. The summed E-state index contributed by atoms with van der Waals surface area (Å²) in [6.45, 7) is 3.92. The van der Waals surface area contributed by atoms with Gasteiger partial charge in [-0.2, -0.15) is 0 Å². The van der Waals surface area contributed by atoms with Gasteiger partial charge in [-0.05, 0) is 30.7 Å². The van der Waals surface area contributed by atoms with E-state index in [-0.39, 0.29) is 11.8 Å². The Bertz CT molecular complexity index is 1010. The lowest BCUT2D eigenvalue weighted by molar-refractivity contribution is -0.121. The van der Waals surface area contributed by atoms with Crippen molar-refractivity contribution in [3.05, 3.63) is 64.3 Å². The Balaban J connectivity index is 1.89. The molecule has 2 aromatic rings. The molecule has 6 nitrogen and oxygen atoms in total. The summed E-state index contributed by atoms with van der Waals surface area (Å²) < 4.78 is 10.9. The summed E-state index contributed by atoms with van der Waals surface area (Å²) in [5.74, 6) is -0.200. The van der Waals surface area contributed by atoms with Gasteiger partial charge in [-0.15, -0.1) is 0 Å². The lowest BCUT2D eigenvalue weighted by Crippen LogP contribution is -2.40. The third-order valence-corrected chi connectivity index (χ3v) is 5.41. The van der Waals surface area contributed by atoms with Gasteiger partial charge in [-0.1, -0.05) is 35.9 Å². The normalized spacial score (nSPS) is 17.3. The van der Waals surface area contributed by atoms with Crippen molar-refractivity contribution in [2.24, 2.45) is 0 Å². The summed E-state index contributed by atoms with van der Waals surface area (Å²) in [6.07, 6.45) is 0. The number of imide groups is 1. The van der Waals surface area contributed by atoms with Crippen molar-refractivity contribution in [1.29, 1.82) is 0 Å². The molecule has 1 saturated heterocycles. The van der Waals surface area contributed by atoms with Crippen LogP contribution in [0.2, 0.25) is 5.02 Å². The first-order chi connectivity index (χ1) is 14.0. The average Bonchev–Trinajstić information content (AvgIpc) is 3.00. The third-order valence-electron chi connectivity index (χ3n) is 5.18. The highest BCUT2D eigenvalue weighted by molar-refractivity contribution is 6.46. The van der Waals surface area contributed by atoms with Crippen molar-refractivity contribution < 1.29 is 19.1 Å². The molecular weight excluding hydrogens is 392 g/mol. The first-order valence-corrected chi connectivity index (χ1v) is 9.76. The minimum absolute atomic E-state index is 0.341. The van der Waals surface area contributed by atoms with E-state index >= 15 is 0 Å². The molecule has 2 heterocycles. The van der Waals surface area contributed by atoms with E-state index < -0.39 is 0 Å². The van der Waals surface area contributed by atoms with E-state index in [9.17, 15) is 9.59 Å². The highest BCUT2D eigenvalue weighted by atomic mass is 35.5. The number of methoxy groups -OCH3 is 1. The van der Waals surface area contributed by atoms with Crippen molar-refractivity contribution in [2.45, 2.75) is 6.92 Å². The number of rotatable bonds is 4. The Labute approximate surface area is 174 Å². The highest BCUT2D eigenvalue weighted by Gasteiger charge is 2.44. The number of halogens is 1. The summed E-state index contributed by atoms with van der Waals surface area (Å²) >= 11 is 6.17. The molecule has 1 fully saturated rings. The van der Waals surface area contributed by atoms with Crippen LogP contribution in [-0.2, 0) is 14.3 Å². The van der Waals surface area contributed by atoms with Gasteiger partial charge in [0.2, 0.25) is 0 Å². The van der Waals surface area contributed by atoms with E-state index in [0.29, 0.717) is 59.6 Å². The largest absolute Gasteiger partial charge is 0.496 e.